The van der Waals surface area contributed by atoms with E-state index in [1.54, 1.807) is 0 Å². The molecular weight excluding hydrogens is 854 g/mol. The Morgan fingerprint density at radius 1 is 0.485 bits per heavy atom. The van der Waals surface area contributed by atoms with E-state index in [9.17, 15) is 34.1 Å². The summed E-state index contributed by atoms with van der Waals surface area (Å²) >= 11 is 0. The summed E-state index contributed by atoms with van der Waals surface area (Å²) in [6.45, 7) is 2.52. The highest BCUT2D eigenvalue weighted by atomic mass is 31.2. The van der Waals surface area contributed by atoms with Gasteiger partial charge in [-0.3, -0.25) is 18.6 Å². The summed E-state index contributed by atoms with van der Waals surface area (Å²) in [5.41, 5.74) is 0. The van der Waals surface area contributed by atoms with Gasteiger partial charge in [0.1, 0.15) is 12.7 Å². The molecule has 0 heterocycles. The SMILES string of the molecule is CCCCC/C=C\C/C=C\C/C=C\C/C=C\CCCCCC(=O)NC(COP(=O)(O)OCC(O)COC(=O)CCCCCCCCCCCC/C=C\C/C=C\C/C=C\CCCCC)C(=O)O. The van der Waals surface area contributed by atoms with Crippen LogP contribution in [0.1, 0.15) is 206 Å². The zero-order valence-electron chi connectivity index (χ0n) is 41.2. The summed E-state index contributed by atoms with van der Waals surface area (Å²) in [7, 11) is -4.78. The van der Waals surface area contributed by atoms with Gasteiger partial charge in [-0.2, -0.15) is 0 Å². The molecule has 0 aliphatic rings. The fourth-order valence-corrected chi connectivity index (χ4v) is 7.43. The highest BCUT2D eigenvalue weighted by Crippen LogP contribution is 2.43. The first-order chi connectivity index (χ1) is 32.1. The number of carboxylic acids is 1. The quantitative estimate of drug-likeness (QED) is 0.0199. The van der Waals surface area contributed by atoms with Crippen molar-refractivity contribution < 1.29 is 47.8 Å². The lowest BCUT2D eigenvalue weighted by molar-refractivity contribution is -0.147. The standard InChI is InChI=1S/C54H92NO10P/c1-3-5-7-9-11-13-15-17-19-21-23-24-25-26-28-30-32-34-36-38-40-42-44-46-53(58)63-47-50(56)48-64-66(61,62)65-49-51(54(59)60)55-52(57)45-43-41-39-37-35-33-31-29-27-22-20-18-16-14-12-10-8-6-4-2/h11-14,17-20,23-24,27,29,33,35,50-51,56H,3-10,15-16,21-22,25-26,28,30-32,34,36-49H2,1-2H3,(H,55,57)(H,59,60)(H,61,62)/b13-11-,14-12-,19-17-,20-18-,24-23-,29-27-,35-33-. The van der Waals surface area contributed by atoms with Gasteiger partial charge in [-0.05, 0) is 96.3 Å². The number of amides is 1. The lowest BCUT2D eigenvalue weighted by atomic mass is 10.1. The number of phosphoric acid groups is 1. The van der Waals surface area contributed by atoms with E-state index in [-0.39, 0.29) is 12.8 Å². The molecule has 0 aromatic rings. The van der Waals surface area contributed by atoms with Crippen molar-refractivity contribution in [2.24, 2.45) is 0 Å². The van der Waals surface area contributed by atoms with Gasteiger partial charge in [0.25, 0.3) is 0 Å². The van der Waals surface area contributed by atoms with Crippen molar-refractivity contribution >= 4 is 25.7 Å². The van der Waals surface area contributed by atoms with E-state index in [1.807, 2.05) is 0 Å². The molecule has 3 atom stereocenters. The van der Waals surface area contributed by atoms with Crippen molar-refractivity contribution in [1.82, 2.24) is 5.32 Å². The second kappa shape index (κ2) is 48.1. The van der Waals surface area contributed by atoms with Crippen molar-refractivity contribution in [1.29, 1.82) is 0 Å². The van der Waals surface area contributed by atoms with Crippen molar-refractivity contribution in [3.05, 3.63) is 85.1 Å². The third kappa shape index (κ3) is 47.2. The second-order valence-electron chi connectivity index (χ2n) is 17.0. The van der Waals surface area contributed by atoms with Crippen LogP contribution >= 0.6 is 7.82 Å². The lowest BCUT2D eigenvalue weighted by Gasteiger charge is -2.18. The lowest BCUT2D eigenvalue weighted by Crippen LogP contribution is -2.43. The van der Waals surface area contributed by atoms with Gasteiger partial charge in [-0.15, -0.1) is 0 Å². The smallest absolute Gasteiger partial charge is 0.472 e. The first-order valence-electron chi connectivity index (χ1n) is 25.6. The Kier molecular flexibility index (Phi) is 45.7. The molecule has 0 fully saturated rings. The number of unbranched alkanes of at least 4 members (excludes halogenated alkanes) is 19. The van der Waals surface area contributed by atoms with Crippen LogP contribution in [0.3, 0.4) is 0 Å². The highest BCUT2D eigenvalue weighted by Gasteiger charge is 2.28. The molecule has 0 aliphatic heterocycles. The van der Waals surface area contributed by atoms with Crippen LogP contribution in [0.5, 0.6) is 0 Å². The van der Waals surface area contributed by atoms with Crippen LogP contribution < -0.4 is 5.32 Å². The molecule has 0 radical (unpaired) electrons. The molecule has 0 bridgehead atoms. The van der Waals surface area contributed by atoms with E-state index < -0.39 is 57.6 Å². The number of aliphatic carboxylic acids is 1. The van der Waals surface area contributed by atoms with Gasteiger partial charge >= 0.3 is 19.8 Å². The number of ether oxygens (including phenoxy) is 1. The number of phosphoric ester groups is 1. The van der Waals surface area contributed by atoms with E-state index in [0.717, 1.165) is 83.5 Å². The number of carbonyl (C=O) groups is 3. The van der Waals surface area contributed by atoms with Crippen LogP contribution in [0.4, 0.5) is 0 Å². The van der Waals surface area contributed by atoms with E-state index in [0.29, 0.717) is 12.8 Å². The Balaban J connectivity index is 3.89. The van der Waals surface area contributed by atoms with Gasteiger partial charge < -0.3 is 25.2 Å². The molecule has 1 amide bonds. The monoisotopic (exact) mass is 946 g/mol. The number of rotatable bonds is 47. The zero-order valence-corrected chi connectivity index (χ0v) is 42.1. The Labute approximate surface area is 401 Å². The molecular formula is C54H92NO10P. The molecule has 4 N–H and O–H groups in total. The Hall–Kier alpha value is -3.34. The summed E-state index contributed by atoms with van der Waals surface area (Å²) in [5.74, 6) is -2.43. The van der Waals surface area contributed by atoms with E-state index in [1.165, 1.54) is 83.5 Å². The molecule has 11 nitrogen and oxygen atoms in total. The number of hydrogen-bond donors (Lipinski definition) is 4. The molecule has 0 aromatic carbocycles. The molecule has 0 aliphatic carbocycles. The number of esters is 1. The molecule has 0 aromatic heterocycles. The average molecular weight is 946 g/mol. The predicted molar refractivity (Wildman–Crippen MR) is 272 cm³/mol. The normalized spacial score (nSPS) is 14.2. The molecule has 3 unspecified atom stereocenters. The van der Waals surface area contributed by atoms with Crippen LogP contribution in [0, 0.1) is 0 Å². The van der Waals surface area contributed by atoms with Crippen LogP contribution in [0.25, 0.3) is 0 Å². The maximum Gasteiger partial charge on any atom is 0.472 e. The highest BCUT2D eigenvalue weighted by molar-refractivity contribution is 7.47. The van der Waals surface area contributed by atoms with Crippen LogP contribution in [-0.2, 0) is 32.7 Å². The van der Waals surface area contributed by atoms with Gasteiger partial charge in [-0.1, -0.05) is 182 Å². The van der Waals surface area contributed by atoms with Gasteiger partial charge in [0.15, 0.2) is 6.04 Å². The summed E-state index contributed by atoms with van der Waals surface area (Å²) in [5, 5.41) is 21.9. The molecule has 66 heavy (non-hydrogen) atoms. The van der Waals surface area contributed by atoms with Crippen LogP contribution in [-0.4, -0.2) is 64.9 Å². The molecule has 0 saturated heterocycles. The molecule has 12 heteroatoms. The average Bonchev–Trinajstić information content (AvgIpc) is 3.29. The Bertz CT molecular complexity index is 1440. The fourth-order valence-electron chi connectivity index (χ4n) is 6.66. The van der Waals surface area contributed by atoms with Crippen molar-refractivity contribution in [3.8, 4) is 0 Å². The number of aliphatic hydroxyl groups excluding tert-OH is 1. The number of allylic oxidation sites excluding steroid dienone is 14. The third-order valence-electron chi connectivity index (χ3n) is 10.7. The number of aliphatic hydroxyl groups is 1. The molecule has 378 valence electrons. The minimum atomic E-state index is -4.78. The van der Waals surface area contributed by atoms with Crippen LogP contribution in [0.2, 0.25) is 0 Å². The fraction of sp³-hybridized carbons (Fsp3) is 0.685. The van der Waals surface area contributed by atoms with Gasteiger partial charge in [0.05, 0.1) is 13.2 Å². The van der Waals surface area contributed by atoms with Gasteiger partial charge in [-0.25, -0.2) is 9.36 Å². The summed E-state index contributed by atoms with van der Waals surface area (Å²) in [6.07, 6.45) is 60.3. The predicted octanol–water partition coefficient (Wildman–Crippen LogP) is 14.2. The number of nitrogens with one attached hydrogen (secondary N) is 1. The summed E-state index contributed by atoms with van der Waals surface area (Å²) in [6, 6.07) is -1.57. The topological polar surface area (TPSA) is 169 Å². The van der Waals surface area contributed by atoms with Gasteiger partial charge in [0, 0.05) is 12.8 Å². The molecule has 0 saturated carbocycles. The van der Waals surface area contributed by atoms with Crippen molar-refractivity contribution in [2.75, 3.05) is 19.8 Å². The zero-order chi connectivity index (χ0) is 48.4. The minimum absolute atomic E-state index is 0.104. The Morgan fingerprint density at radius 2 is 0.833 bits per heavy atom. The van der Waals surface area contributed by atoms with E-state index >= 15 is 0 Å². The second-order valence-corrected chi connectivity index (χ2v) is 18.5. The first kappa shape index (κ1) is 62.7. The minimum Gasteiger partial charge on any atom is -0.480 e. The number of carboxylic acid groups (broad SMARTS) is 1. The van der Waals surface area contributed by atoms with E-state index in [4.69, 9.17) is 13.8 Å². The van der Waals surface area contributed by atoms with Crippen molar-refractivity contribution in [2.45, 2.75) is 219 Å². The maximum atomic E-state index is 12.3. The maximum absolute atomic E-state index is 12.3. The molecule has 0 rings (SSSR count). The third-order valence-corrected chi connectivity index (χ3v) is 11.6. The number of hydrogen-bond acceptors (Lipinski definition) is 8. The van der Waals surface area contributed by atoms with Crippen LogP contribution in [0.15, 0.2) is 85.1 Å². The largest absolute Gasteiger partial charge is 0.480 e. The van der Waals surface area contributed by atoms with Crippen molar-refractivity contribution in [3.63, 3.8) is 0 Å². The summed E-state index contributed by atoms with van der Waals surface area (Å²) < 4.78 is 26.9. The number of carbonyl (C=O) groups excluding carboxylic acids is 2. The Morgan fingerprint density at radius 3 is 1.26 bits per heavy atom. The molecule has 0 spiro atoms. The van der Waals surface area contributed by atoms with Gasteiger partial charge in [0.2, 0.25) is 5.91 Å². The van der Waals surface area contributed by atoms with E-state index in [2.05, 4.69) is 104 Å². The summed E-state index contributed by atoms with van der Waals surface area (Å²) in [4.78, 5) is 46.1. The first-order valence-corrected chi connectivity index (χ1v) is 27.1.